The van der Waals surface area contributed by atoms with Crippen LogP contribution in [0.2, 0.25) is 0 Å². The van der Waals surface area contributed by atoms with Gasteiger partial charge in [0.25, 0.3) is 0 Å². The minimum Gasteiger partial charge on any atom is -0.206 e. The fourth-order valence-corrected chi connectivity index (χ4v) is 5.31. The second-order valence-corrected chi connectivity index (χ2v) is 9.96. The lowest BCUT2D eigenvalue weighted by Gasteiger charge is -2.28. The summed E-state index contributed by atoms with van der Waals surface area (Å²) in [6, 6.07) is 18.4. The number of halogens is 1. The van der Waals surface area contributed by atoms with Crippen molar-refractivity contribution in [3.05, 3.63) is 95.3 Å². The first-order valence-corrected chi connectivity index (χ1v) is 13.1. The first-order chi connectivity index (χ1) is 16.7. The van der Waals surface area contributed by atoms with Crippen LogP contribution in [0.15, 0.2) is 67.3 Å². The van der Waals surface area contributed by atoms with Gasteiger partial charge in [0.05, 0.1) is 0 Å². The van der Waals surface area contributed by atoms with Crippen LogP contribution in [0.25, 0.3) is 10.8 Å². The standard InChI is InChI=1S/C33H37F/c1-3-5-7-25-8-10-26(11-9-25)12-13-27-14-16-28(17-15-27)18-19-29-20-23-32-31(24-29)22-21-30(6-4-2)33(32)34/h3,14-17,20-26H,1,4-13H2,2H3. The molecule has 1 fully saturated rings. The Morgan fingerprint density at radius 2 is 1.53 bits per heavy atom. The number of hydrogen-bond acceptors (Lipinski definition) is 0. The van der Waals surface area contributed by atoms with Gasteiger partial charge in [0, 0.05) is 16.5 Å². The van der Waals surface area contributed by atoms with Crippen LogP contribution >= 0.6 is 0 Å². The summed E-state index contributed by atoms with van der Waals surface area (Å²) in [6.45, 7) is 5.93. The van der Waals surface area contributed by atoms with Gasteiger partial charge in [-0.2, -0.15) is 0 Å². The average molecular weight is 453 g/mol. The minimum atomic E-state index is -0.0878. The molecule has 4 rings (SSSR count). The topological polar surface area (TPSA) is 0 Å². The van der Waals surface area contributed by atoms with Gasteiger partial charge in [-0.25, -0.2) is 4.39 Å². The Kier molecular flexibility index (Phi) is 8.59. The molecular formula is C33H37F. The van der Waals surface area contributed by atoms with Crippen molar-refractivity contribution < 1.29 is 4.39 Å². The number of rotatable bonds is 8. The number of aryl methyl sites for hydroxylation is 2. The summed E-state index contributed by atoms with van der Waals surface area (Å²) in [5, 5.41) is 1.60. The van der Waals surface area contributed by atoms with Gasteiger partial charge in [-0.05, 0) is 84.7 Å². The maximum atomic E-state index is 14.7. The second-order valence-electron chi connectivity index (χ2n) is 9.96. The Labute approximate surface area is 205 Å². The number of allylic oxidation sites excluding steroid dienone is 1. The van der Waals surface area contributed by atoms with Crippen LogP contribution in [0.5, 0.6) is 0 Å². The molecule has 0 aliphatic heterocycles. The van der Waals surface area contributed by atoms with Crippen molar-refractivity contribution in [3.8, 4) is 11.8 Å². The van der Waals surface area contributed by atoms with Gasteiger partial charge in [-0.15, -0.1) is 6.58 Å². The molecule has 1 aliphatic rings. The van der Waals surface area contributed by atoms with E-state index >= 15 is 0 Å². The highest BCUT2D eigenvalue weighted by Gasteiger charge is 2.20. The molecule has 0 unspecified atom stereocenters. The maximum absolute atomic E-state index is 14.7. The molecule has 0 bridgehead atoms. The Hall–Kier alpha value is -2.85. The zero-order chi connectivity index (χ0) is 23.8. The summed E-state index contributed by atoms with van der Waals surface area (Å²) in [5.41, 5.74) is 4.15. The highest BCUT2D eigenvalue weighted by Crippen LogP contribution is 2.34. The number of benzene rings is 3. The van der Waals surface area contributed by atoms with Gasteiger partial charge in [0.15, 0.2) is 0 Å². The molecule has 0 amide bonds. The molecule has 0 nitrogen and oxygen atoms in total. The maximum Gasteiger partial charge on any atom is 0.134 e. The second kappa shape index (κ2) is 12.0. The zero-order valence-electron chi connectivity index (χ0n) is 20.6. The average Bonchev–Trinajstić information content (AvgIpc) is 2.88. The van der Waals surface area contributed by atoms with Crippen molar-refractivity contribution in [3.63, 3.8) is 0 Å². The van der Waals surface area contributed by atoms with Crippen LogP contribution in [0.3, 0.4) is 0 Å². The molecule has 0 radical (unpaired) electrons. The van der Waals surface area contributed by atoms with E-state index in [1.807, 2.05) is 30.3 Å². The van der Waals surface area contributed by atoms with Crippen LogP contribution in [-0.2, 0) is 12.8 Å². The number of hydrogen-bond donors (Lipinski definition) is 0. The van der Waals surface area contributed by atoms with Crippen LogP contribution in [0.1, 0.15) is 80.5 Å². The van der Waals surface area contributed by atoms with E-state index in [1.165, 1.54) is 50.5 Å². The molecule has 0 aromatic heterocycles. The van der Waals surface area contributed by atoms with Crippen molar-refractivity contribution in [2.75, 3.05) is 0 Å². The normalized spacial score (nSPS) is 17.8. The third-order valence-electron chi connectivity index (χ3n) is 7.45. The molecule has 0 heterocycles. The van der Waals surface area contributed by atoms with E-state index in [2.05, 4.69) is 55.7 Å². The van der Waals surface area contributed by atoms with E-state index in [-0.39, 0.29) is 5.82 Å². The largest absolute Gasteiger partial charge is 0.206 e. The summed E-state index contributed by atoms with van der Waals surface area (Å²) in [6.07, 6.45) is 14.3. The molecule has 0 atom stereocenters. The smallest absolute Gasteiger partial charge is 0.134 e. The van der Waals surface area contributed by atoms with Gasteiger partial charge in [-0.1, -0.05) is 87.3 Å². The van der Waals surface area contributed by atoms with E-state index in [0.717, 1.165) is 53.2 Å². The van der Waals surface area contributed by atoms with Gasteiger partial charge < -0.3 is 0 Å². The monoisotopic (exact) mass is 452 g/mol. The van der Waals surface area contributed by atoms with Crippen molar-refractivity contribution in [2.45, 2.75) is 71.1 Å². The molecule has 1 saturated carbocycles. The molecule has 1 heteroatoms. The van der Waals surface area contributed by atoms with Crippen molar-refractivity contribution in [2.24, 2.45) is 11.8 Å². The molecule has 3 aromatic rings. The van der Waals surface area contributed by atoms with E-state index in [4.69, 9.17) is 0 Å². The summed E-state index contributed by atoms with van der Waals surface area (Å²) in [7, 11) is 0. The fourth-order valence-electron chi connectivity index (χ4n) is 5.31. The lowest BCUT2D eigenvalue weighted by atomic mass is 9.78. The Bertz CT molecular complexity index is 1150. The lowest BCUT2D eigenvalue weighted by Crippen LogP contribution is -2.15. The highest BCUT2D eigenvalue weighted by atomic mass is 19.1. The summed E-state index contributed by atoms with van der Waals surface area (Å²) in [4.78, 5) is 0. The third-order valence-corrected chi connectivity index (χ3v) is 7.45. The zero-order valence-corrected chi connectivity index (χ0v) is 20.6. The van der Waals surface area contributed by atoms with E-state index in [9.17, 15) is 4.39 Å². The predicted octanol–water partition coefficient (Wildman–Crippen LogP) is 9.04. The quantitative estimate of drug-likeness (QED) is 0.236. The molecule has 3 aromatic carbocycles. The Balaban J connectivity index is 1.32. The Morgan fingerprint density at radius 1 is 0.853 bits per heavy atom. The molecule has 176 valence electrons. The third kappa shape index (κ3) is 6.38. The lowest BCUT2D eigenvalue weighted by molar-refractivity contribution is 0.254. The van der Waals surface area contributed by atoms with Gasteiger partial charge in [-0.3, -0.25) is 0 Å². The Morgan fingerprint density at radius 3 is 2.24 bits per heavy atom. The first kappa shape index (κ1) is 24.3. The predicted molar refractivity (Wildman–Crippen MR) is 144 cm³/mol. The summed E-state index contributed by atoms with van der Waals surface area (Å²) >= 11 is 0. The van der Waals surface area contributed by atoms with Crippen LogP contribution in [-0.4, -0.2) is 0 Å². The SMILES string of the molecule is C=CCCC1CCC(CCc2ccc(C#Cc3ccc4c(F)c(CCC)ccc4c3)cc2)CC1. The van der Waals surface area contributed by atoms with E-state index < -0.39 is 0 Å². The molecular weight excluding hydrogens is 415 g/mol. The first-order valence-electron chi connectivity index (χ1n) is 13.1. The minimum absolute atomic E-state index is 0.0878. The van der Waals surface area contributed by atoms with Crippen molar-refractivity contribution in [1.82, 2.24) is 0 Å². The summed E-state index contributed by atoms with van der Waals surface area (Å²) in [5.74, 6) is 8.25. The van der Waals surface area contributed by atoms with Crippen molar-refractivity contribution >= 4 is 10.8 Å². The molecule has 34 heavy (non-hydrogen) atoms. The summed E-state index contributed by atoms with van der Waals surface area (Å²) < 4.78 is 14.7. The van der Waals surface area contributed by atoms with E-state index in [1.54, 1.807) is 0 Å². The molecule has 0 N–H and O–H groups in total. The van der Waals surface area contributed by atoms with Crippen LogP contribution in [0, 0.1) is 29.5 Å². The molecule has 0 saturated heterocycles. The molecule has 0 spiro atoms. The van der Waals surface area contributed by atoms with Gasteiger partial charge in [0.2, 0.25) is 0 Å². The highest BCUT2D eigenvalue weighted by molar-refractivity contribution is 5.85. The van der Waals surface area contributed by atoms with Crippen LogP contribution < -0.4 is 0 Å². The number of fused-ring (bicyclic) bond motifs is 1. The van der Waals surface area contributed by atoms with Gasteiger partial charge in [0.1, 0.15) is 5.82 Å². The van der Waals surface area contributed by atoms with Crippen LogP contribution in [0.4, 0.5) is 4.39 Å². The van der Waals surface area contributed by atoms with E-state index in [0.29, 0.717) is 5.39 Å². The molecule has 1 aliphatic carbocycles. The fraction of sp³-hybridized carbons (Fsp3) is 0.394. The van der Waals surface area contributed by atoms with Gasteiger partial charge >= 0.3 is 0 Å². The van der Waals surface area contributed by atoms with Crippen molar-refractivity contribution in [1.29, 1.82) is 0 Å².